The molecular weight excluding hydrogens is 188 g/mol. The van der Waals surface area contributed by atoms with Crippen LogP contribution in [0.15, 0.2) is 18.3 Å². The van der Waals surface area contributed by atoms with Gasteiger partial charge < -0.3 is 10.1 Å². The van der Waals surface area contributed by atoms with Crippen molar-refractivity contribution in [1.29, 1.82) is 0 Å². The third kappa shape index (κ3) is 4.30. The lowest BCUT2D eigenvalue weighted by Crippen LogP contribution is -2.07. The number of anilines is 1. The van der Waals surface area contributed by atoms with Crippen molar-refractivity contribution in [2.75, 3.05) is 12.4 Å². The molecule has 1 heterocycles. The molecule has 0 radical (unpaired) electrons. The maximum absolute atomic E-state index is 5.71. The van der Waals surface area contributed by atoms with Crippen molar-refractivity contribution in [2.45, 2.75) is 39.4 Å². The molecule has 0 saturated heterocycles. The monoisotopic (exact) mass is 208 g/mol. The van der Waals surface area contributed by atoms with Gasteiger partial charge in [0.1, 0.15) is 5.82 Å². The Balaban J connectivity index is 2.43. The number of ether oxygens (including phenoxy) is 1. The highest BCUT2D eigenvalue weighted by atomic mass is 16.5. The summed E-state index contributed by atoms with van der Waals surface area (Å²) in [6.45, 7) is 4.95. The molecule has 0 aliphatic rings. The van der Waals surface area contributed by atoms with E-state index in [1.807, 2.05) is 19.2 Å². The molecule has 0 saturated carbocycles. The number of hydrogen-bond donors (Lipinski definition) is 1. The zero-order valence-electron chi connectivity index (χ0n) is 9.79. The lowest BCUT2D eigenvalue weighted by Gasteiger charge is -2.12. The molecule has 1 atom stereocenters. The minimum absolute atomic E-state index is 0.334. The van der Waals surface area contributed by atoms with E-state index in [-0.39, 0.29) is 0 Å². The van der Waals surface area contributed by atoms with E-state index in [1.54, 1.807) is 6.20 Å². The summed E-state index contributed by atoms with van der Waals surface area (Å²) in [5.41, 5.74) is 1.16. The van der Waals surface area contributed by atoms with Gasteiger partial charge >= 0.3 is 0 Å². The molecular formula is C12H20N2O. The van der Waals surface area contributed by atoms with E-state index >= 15 is 0 Å². The minimum Gasteiger partial charge on any atom is -0.374 e. The standard InChI is InChI=1S/C12H20N2O/c1-4-5-10(2)15-9-11-6-7-14-12(8-11)13-3/h6-8,10H,4-5,9H2,1-3H3,(H,13,14). The highest BCUT2D eigenvalue weighted by Crippen LogP contribution is 2.10. The summed E-state index contributed by atoms with van der Waals surface area (Å²) in [6, 6.07) is 4.00. The second-order valence-corrected chi connectivity index (χ2v) is 3.71. The first-order valence-electron chi connectivity index (χ1n) is 5.50. The Morgan fingerprint density at radius 1 is 1.53 bits per heavy atom. The molecule has 3 nitrogen and oxygen atoms in total. The van der Waals surface area contributed by atoms with Crippen LogP contribution in [0.2, 0.25) is 0 Å². The van der Waals surface area contributed by atoms with Crippen molar-refractivity contribution in [2.24, 2.45) is 0 Å². The van der Waals surface area contributed by atoms with E-state index < -0.39 is 0 Å². The van der Waals surface area contributed by atoms with Crippen molar-refractivity contribution in [3.63, 3.8) is 0 Å². The molecule has 0 fully saturated rings. The minimum atomic E-state index is 0.334. The van der Waals surface area contributed by atoms with E-state index in [4.69, 9.17) is 4.74 Å². The summed E-state index contributed by atoms with van der Waals surface area (Å²) < 4.78 is 5.71. The van der Waals surface area contributed by atoms with Crippen LogP contribution in [0, 0.1) is 0 Å². The van der Waals surface area contributed by atoms with Crippen LogP contribution in [0.5, 0.6) is 0 Å². The molecule has 1 unspecified atom stereocenters. The maximum atomic E-state index is 5.71. The van der Waals surface area contributed by atoms with Crippen LogP contribution in [-0.4, -0.2) is 18.1 Å². The summed E-state index contributed by atoms with van der Waals surface area (Å²) >= 11 is 0. The Morgan fingerprint density at radius 2 is 2.33 bits per heavy atom. The number of pyridine rings is 1. The highest BCUT2D eigenvalue weighted by molar-refractivity contribution is 5.36. The van der Waals surface area contributed by atoms with Gasteiger partial charge in [-0.25, -0.2) is 4.98 Å². The number of nitrogens with one attached hydrogen (secondary N) is 1. The maximum Gasteiger partial charge on any atom is 0.125 e. The molecule has 1 N–H and O–H groups in total. The predicted molar refractivity (Wildman–Crippen MR) is 62.9 cm³/mol. The molecule has 1 rings (SSSR count). The first-order valence-corrected chi connectivity index (χ1v) is 5.50. The summed E-state index contributed by atoms with van der Waals surface area (Å²) in [5, 5.41) is 3.01. The predicted octanol–water partition coefficient (Wildman–Crippen LogP) is 2.83. The molecule has 0 aliphatic heterocycles. The Kier molecular flexibility index (Phi) is 5.12. The third-order valence-corrected chi connectivity index (χ3v) is 2.31. The first-order chi connectivity index (χ1) is 7.26. The Bertz CT molecular complexity index is 289. The van der Waals surface area contributed by atoms with E-state index in [0.717, 1.165) is 17.8 Å². The molecule has 0 aliphatic carbocycles. The van der Waals surface area contributed by atoms with Crippen molar-refractivity contribution in [3.05, 3.63) is 23.9 Å². The topological polar surface area (TPSA) is 34.1 Å². The summed E-state index contributed by atoms with van der Waals surface area (Å²) in [4.78, 5) is 4.15. The van der Waals surface area contributed by atoms with Gasteiger partial charge in [0.05, 0.1) is 12.7 Å². The van der Waals surface area contributed by atoms with Gasteiger partial charge in [0.2, 0.25) is 0 Å². The van der Waals surface area contributed by atoms with E-state index in [0.29, 0.717) is 12.7 Å². The van der Waals surface area contributed by atoms with Crippen LogP contribution in [-0.2, 0) is 11.3 Å². The van der Waals surface area contributed by atoms with Gasteiger partial charge in [-0.05, 0) is 31.0 Å². The molecule has 0 bridgehead atoms. The average Bonchev–Trinajstić information content (AvgIpc) is 2.27. The molecule has 0 amide bonds. The van der Waals surface area contributed by atoms with Gasteiger partial charge in [-0.3, -0.25) is 0 Å². The quantitative estimate of drug-likeness (QED) is 0.780. The van der Waals surface area contributed by atoms with Crippen LogP contribution in [0.1, 0.15) is 32.3 Å². The lowest BCUT2D eigenvalue weighted by molar-refractivity contribution is 0.0472. The van der Waals surface area contributed by atoms with Crippen molar-refractivity contribution in [3.8, 4) is 0 Å². The zero-order valence-corrected chi connectivity index (χ0v) is 9.79. The molecule has 1 aromatic heterocycles. The Hall–Kier alpha value is -1.09. The Labute approximate surface area is 91.9 Å². The first kappa shape index (κ1) is 12.0. The lowest BCUT2D eigenvalue weighted by atomic mass is 10.2. The zero-order chi connectivity index (χ0) is 11.1. The highest BCUT2D eigenvalue weighted by Gasteiger charge is 2.01. The molecule has 0 spiro atoms. The van der Waals surface area contributed by atoms with Gasteiger partial charge in [0.25, 0.3) is 0 Å². The van der Waals surface area contributed by atoms with Gasteiger partial charge in [-0.2, -0.15) is 0 Å². The van der Waals surface area contributed by atoms with Crippen molar-refractivity contribution >= 4 is 5.82 Å². The van der Waals surface area contributed by atoms with Gasteiger partial charge in [-0.1, -0.05) is 13.3 Å². The van der Waals surface area contributed by atoms with E-state index in [9.17, 15) is 0 Å². The van der Waals surface area contributed by atoms with Crippen LogP contribution < -0.4 is 5.32 Å². The second-order valence-electron chi connectivity index (χ2n) is 3.71. The number of nitrogens with zero attached hydrogens (tertiary/aromatic N) is 1. The molecule has 3 heteroatoms. The number of aromatic nitrogens is 1. The van der Waals surface area contributed by atoms with Crippen LogP contribution in [0.4, 0.5) is 5.82 Å². The fourth-order valence-electron chi connectivity index (χ4n) is 1.43. The van der Waals surface area contributed by atoms with Gasteiger partial charge in [0.15, 0.2) is 0 Å². The molecule has 0 aromatic carbocycles. The van der Waals surface area contributed by atoms with Crippen LogP contribution in [0.25, 0.3) is 0 Å². The van der Waals surface area contributed by atoms with E-state index in [2.05, 4.69) is 24.1 Å². The van der Waals surface area contributed by atoms with Crippen LogP contribution in [0.3, 0.4) is 0 Å². The molecule has 84 valence electrons. The fourth-order valence-corrected chi connectivity index (χ4v) is 1.43. The normalized spacial score (nSPS) is 12.5. The van der Waals surface area contributed by atoms with E-state index in [1.165, 1.54) is 6.42 Å². The molecule has 1 aromatic rings. The number of rotatable bonds is 6. The second kappa shape index (κ2) is 6.40. The van der Waals surface area contributed by atoms with Gasteiger partial charge in [0, 0.05) is 13.2 Å². The number of hydrogen-bond acceptors (Lipinski definition) is 3. The van der Waals surface area contributed by atoms with Crippen molar-refractivity contribution in [1.82, 2.24) is 4.98 Å². The SMILES string of the molecule is CCCC(C)OCc1ccnc(NC)c1. The third-order valence-electron chi connectivity index (χ3n) is 2.31. The smallest absolute Gasteiger partial charge is 0.125 e. The average molecular weight is 208 g/mol. The van der Waals surface area contributed by atoms with Crippen LogP contribution >= 0.6 is 0 Å². The summed E-state index contributed by atoms with van der Waals surface area (Å²) in [6.07, 6.45) is 4.42. The Morgan fingerprint density at radius 3 is 3.00 bits per heavy atom. The fraction of sp³-hybridized carbons (Fsp3) is 0.583. The summed E-state index contributed by atoms with van der Waals surface area (Å²) in [5.74, 6) is 0.888. The van der Waals surface area contributed by atoms with Crippen molar-refractivity contribution < 1.29 is 4.74 Å². The summed E-state index contributed by atoms with van der Waals surface area (Å²) in [7, 11) is 1.87. The van der Waals surface area contributed by atoms with Gasteiger partial charge in [-0.15, -0.1) is 0 Å². The molecule has 15 heavy (non-hydrogen) atoms. The largest absolute Gasteiger partial charge is 0.374 e.